The van der Waals surface area contributed by atoms with Crippen molar-refractivity contribution in [2.45, 2.75) is 6.92 Å². The molecule has 0 radical (unpaired) electrons. The number of rotatable bonds is 8. The molecular weight excluding hydrogens is 232 g/mol. The number of methoxy groups -OCH3 is 1. The molecule has 1 aromatic rings. The number of benzene rings is 1. The summed E-state index contributed by atoms with van der Waals surface area (Å²) in [5, 5.41) is 5.71. The Bertz CT molecular complexity index is 369. The minimum absolute atomic E-state index is 0.00482. The molecule has 100 valence electrons. The molecule has 0 saturated carbocycles. The van der Waals surface area contributed by atoms with Gasteiger partial charge in [-0.25, -0.2) is 0 Å². The normalized spacial score (nSPS) is 9.89. The lowest BCUT2D eigenvalue weighted by atomic mass is 10.3. The number of amides is 1. The van der Waals surface area contributed by atoms with E-state index in [0.717, 1.165) is 0 Å². The summed E-state index contributed by atoms with van der Waals surface area (Å²) in [7, 11) is 1.61. The highest BCUT2D eigenvalue weighted by molar-refractivity contribution is 5.77. The lowest BCUT2D eigenvalue weighted by molar-refractivity contribution is -0.120. The summed E-state index contributed by atoms with van der Waals surface area (Å²) in [5.74, 6) is 1.41. The van der Waals surface area contributed by atoms with Gasteiger partial charge in [0, 0.05) is 13.1 Å². The van der Waals surface area contributed by atoms with Crippen molar-refractivity contribution in [1.29, 1.82) is 0 Å². The highest BCUT2D eigenvalue weighted by Crippen LogP contribution is 2.25. The molecule has 1 amide bonds. The van der Waals surface area contributed by atoms with Gasteiger partial charge in [0.05, 0.1) is 13.7 Å². The van der Waals surface area contributed by atoms with Gasteiger partial charge in [0.25, 0.3) is 0 Å². The van der Waals surface area contributed by atoms with Crippen molar-refractivity contribution in [3.63, 3.8) is 0 Å². The van der Waals surface area contributed by atoms with Crippen LogP contribution in [-0.2, 0) is 4.79 Å². The summed E-state index contributed by atoms with van der Waals surface area (Å²) >= 11 is 0. The maximum absolute atomic E-state index is 11.1. The molecule has 1 aromatic carbocycles. The van der Waals surface area contributed by atoms with Gasteiger partial charge in [-0.05, 0) is 19.1 Å². The maximum atomic E-state index is 11.1. The molecule has 5 heteroatoms. The predicted molar refractivity (Wildman–Crippen MR) is 70.0 cm³/mol. The van der Waals surface area contributed by atoms with E-state index in [1.54, 1.807) is 7.11 Å². The van der Waals surface area contributed by atoms with Crippen LogP contribution in [0, 0.1) is 0 Å². The smallest absolute Gasteiger partial charge is 0.233 e. The van der Waals surface area contributed by atoms with Gasteiger partial charge < -0.3 is 20.1 Å². The van der Waals surface area contributed by atoms with Crippen molar-refractivity contribution in [1.82, 2.24) is 10.6 Å². The monoisotopic (exact) mass is 252 g/mol. The number of likely N-dealkylation sites (N-methyl/N-ethyl adjacent to an activating group) is 1. The Labute approximate surface area is 107 Å². The Kier molecular flexibility index (Phi) is 6.64. The van der Waals surface area contributed by atoms with Gasteiger partial charge in [-0.2, -0.15) is 0 Å². The number of para-hydroxylation sites is 2. The summed E-state index contributed by atoms with van der Waals surface area (Å²) in [4.78, 5) is 11.1. The molecule has 0 aliphatic carbocycles. The van der Waals surface area contributed by atoms with E-state index in [-0.39, 0.29) is 5.91 Å². The van der Waals surface area contributed by atoms with Crippen LogP contribution in [0.25, 0.3) is 0 Å². The van der Waals surface area contributed by atoms with E-state index < -0.39 is 0 Å². The second-order valence-corrected chi connectivity index (χ2v) is 3.63. The molecule has 0 saturated heterocycles. The van der Waals surface area contributed by atoms with Crippen LogP contribution in [-0.4, -0.2) is 39.3 Å². The van der Waals surface area contributed by atoms with Crippen molar-refractivity contribution in [3.8, 4) is 11.5 Å². The summed E-state index contributed by atoms with van der Waals surface area (Å²) in [6, 6.07) is 7.47. The van der Waals surface area contributed by atoms with E-state index >= 15 is 0 Å². The number of nitrogens with one attached hydrogen (secondary N) is 2. The van der Waals surface area contributed by atoms with E-state index in [9.17, 15) is 4.79 Å². The highest BCUT2D eigenvalue weighted by atomic mass is 16.5. The highest BCUT2D eigenvalue weighted by Gasteiger charge is 2.02. The zero-order valence-corrected chi connectivity index (χ0v) is 10.9. The zero-order valence-electron chi connectivity index (χ0n) is 10.9. The Morgan fingerprint density at radius 2 is 2.00 bits per heavy atom. The Morgan fingerprint density at radius 1 is 1.28 bits per heavy atom. The van der Waals surface area contributed by atoms with Crippen LogP contribution in [0.5, 0.6) is 11.5 Å². The molecule has 0 unspecified atom stereocenters. The minimum Gasteiger partial charge on any atom is -0.493 e. The fourth-order valence-corrected chi connectivity index (χ4v) is 1.43. The van der Waals surface area contributed by atoms with Gasteiger partial charge in [0.1, 0.15) is 6.61 Å². The van der Waals surface area contributed by atoms with Gasteiger partial charge in [-0.3, -0.25) is 4.79 Å². The van der Waals surface area contributed by atoms with Gasteiger partial charge >= 0.3 is 0 Å². The lowest BCUT2D eigenvalue weighted by Gasteiger charge is -2.10. The fourth-order valence-electron chi connectivity index (χ4n) is 1.43. The van der Waals surface area contributed by atoms with Crippen molar-refractivity contribution in [2.75, 3.05) is 33.4 Å². The topological polar surface area (TPSA) is 59.6 Å². The summed E-state index contributed by atoms with van der Waals surface area (Å²) in [6.07, 6.45) is 0. The number of ether oxygens (including phenoxy) is 2. The first-order chi connectivity index (χ1) is 8.77. The first-order valence-electron chi connectivity index (χ1n) is 6.01. The second kappa shape index (κ2) is 8.36. The molecule has 2 N–H and O–H groups in total. The average Bonchev–Trinajstić information content (AvgIpc) is 2.39. The molecule has 0 heterocycles. The largest absolute Gasteiger partial charge is 0.493 e. The third-order valence-electron chi connectivity index (χ3n) is 2.26. The number of hydrogen-bond acceptors (Lipinski definition) is 4. The Hall–Kier alpha value is -1.75. The number of carbonyl (C=O) groups excluding carboxylic acids is 1. The molecule has 1 rings (SSSR count). The Morgan fingerprint density at radius 3 is 2.67 bits per heavy atom. The van der Waals surface area contributed by atoms with Crippen LogP contribution in [0.3, 0.4) is 0 Å². The SMILES string of the molecule is CCNC(=O)CNCCOc1ccccc1OC. The van der Waals surface area contributed by atoms with Crippen LogP contribution in [0.2, 0.25) is 0 Å². The standard InChI is InChI=1S/C13H20N2O3/c1-3-15-13(16)10-14-8-9-18-12-7-5-4-6-11(12)17-2/h4-7,14H,3,8-10H2,1-2H3,(H,15,16). The Balaban J connectivity index is 2.19. The van der Waals surface area contributed by atoms with E-state index in [2.05, 4.69) is 10.6 Å². The van der Waals surface area contributed by atoms with Gasteiger partial charge in [-0.15, -0.1) is 0 Å². The first-order valence-corrected chi connectivity index (χ1v) is 6.01. The molecule has 0 fully saturated rings. The second-order valence-electron chi connectivity index (χ2n) is 3.63. The molecule has 18 heavy (non-hydrogen) atoms. The predicted octanol–water partition coefficient (Wildman–Crippen LogP) is 0.800. The molecule has 0 bridgehead atoms. The van der Waals surface area contributed by atoms with Gasteiger partial charge in [0.2, 0.25) is 5.91 Å². The number of hydrogen-bond donors (Lipinski definition) is 2. The fraction of sp³-hybridized carbons (Fsp3) is 0.462. The van der Waals surface area contributed by atoms with Crippen molar-refractivity contribution >= 4 is 5.91 Å². The zero-order chi connectivity index (χ0) is 13.2. The van der Waals surface area contributed by atoms with E-state index in [4.69, 9.17) is 9.47 Å². The first kappa shape index (κ1) is 14.3. The summed E-state index contributed by atoms with van der Waals surface area (Å²) < 4.78 is 10.7. The summed E-state index contributed by atoms with van der Waals surface area (Å²) in [6.45, 7) is 3.94. The van der Waals surface area contributed by atoms with Crippen LogP contribution in [0.1, 0.15) is 6.92 Å². The van der Waals surface area contributed by atoms with Crippen molar-refractivity contribution < 1.29 is 14.3 Å². The average molecular weight is 252 g/mol. The molecule has 5 nitrogen and oxygen atoms in total. The van der Waals surface area contributed by atoms with Gasteiger partial charge in [0.15, 0.2) is 11.5 Å². The third kappa shape index (κ3) is 5.05. The van der Waals surface area contributed by atoms with Crippen LogP contribution >= 0.6 is 0 Å². The maximum Gasteiger partial charge on any atom is 0.233 e. The van der Waals surface area contributed by atoms with Crippen molar-refractivity contribution in [2.24, 2.45) is 0 Å². The summed E-state index contributed by atoms with van der Waals surface area (Å²) in [5.41, 5.74) is 0. The molecule has 0 spiro atoms. The molecule has 0 atom stereocenters. The molecule has 0 aliphatic rings. The van der Waals surface area contributed by atoms with Crippen LogP contribution < -0.4 is 20.1 Å². The van der Waals surface area contributed by atoms with Crippen molar-refractivity contribution in [3.05, 3.63) is 24.3 Å². The molecular formula is C13H20N2O3. The van der Waals surface area contributed by atoms with Gasteiger partial charge in [-0.1, -0.05) is 12.1 Å². The van der Waals surface area contributed by atoms with E-state index in [1.165, 1.54) is 0 Å². The molecule has 0 aromatic heterocycles. The van der Waals surface area contributed by atoms with Crippen LogP contribution in [0.4, 0.5) is 0 Å². The minimum atomic E-state index is -0.00482. The lowest BCUT2D eigenvalue weighted by Crippen LogP contribution is -2.35. The molecule has 0 aliphatic heterocycles. The van der Waals surface area contributed by atoms with Crippen LogP contribution in [0.15, 0.2) is 24.3 Å². The quantitative estimate of drug-likeness (QED) is 0.672. The van der Waals surface area contributed by atoms with E-state index in [0.29, 0.717) is 37.7 Å². The third-order valence-corrected chi connectivity index (χ3v) is 2.26. The number of carbonyl (C=O) groups is 1. The van der Waals surface area contributed by atoms with E-state index in [1.807, 2.05) is 31.2 Å².